The number of amides is 1. The van der Waals surface area contributed by atoms with Crippen LogP contribution in [0.4, 0.5) is 0 Å². The molecule has 0 saturated carbocycles. The fraction of sp³-hybridized carbons (Fsp3) is 0.304. The molecule has 0 bridgehead atoms. The normalized spacial score (nSPS) is 14.0. The van der Waals surface area contributed by atoms with Gasteiger partial charge in [0.2, 0.25) is 5.91 Å². The molecule has 0 spiro atoms. The van der Waals surface area contributed by atoms with Crippen molar-refractivity contribution in [2.75, 3.05) is 32.9 Å². The van der Waals surface area contributed by atoms with Gasteiger partial charge >= 0.3 is 5.97 Å². The van der Waals surface area contributed by atoms with E-state index in [1.54, 1.807) is 11.0 Å². The second-order valence-electron chi connectivity index (χ2n) is 6.95. The molecule has 1 aliphatic rings. The zero-order valence-corrected chi connectivity index (χ0v) is 19.6. The third kappa shape index (κ3) is 6.90. The number of ether oxygens (including phenoxy) is 2. The SMILES string of the molecule is O=C(O)CCCOc1ccccc1Sc1ccc(C=CC(=O)N2CCOCC2)c(Cl)c1Cl. The monoisotopic (exact) mass is 495 g/mol. The Kier molecular flexibility index (Phi) is 9.29. The Bertz CT molecular complexity index is 992. The van der Waals surface area contributed by atoms with Crippen LogP contribution in [-0.4, -0.2) is 54.8 Å². The Morgan fingerprint density at radius 1 is 1.09 bits per heavy atom. The number of carboxylic acids is 1. The predicted molar refractivity (Wildman–Crippen MR) is 126 cm³/mol. The molecule has 1 heterocycles. The van der Waals surface area contributed by atoms with Gasteiger partial charge in [-0.1, -0.05) is 53.2 Å². The van der Waals surface area contributed by atoms with Crippen LogP contribution in [0, 0.1) is 0 Å². The maximum atomic E-state index is 12.3. The summed E-state index contributed by atoms with van der Waals surface area (Å²) in [6.07, 6.45) is 3.64. The van der Waals surface area contributed by atoms with Crippen LogP contribution in [0.15, 0.2) is 52.3 Å². The summed E-state index contributed by atoms with van der Waals surface area (Å²) >= 11 is 14.4. The number of morpholine rings is 1. The minimum atomic E-state index is -0.849. The number of rotatable bonds is 9. The van der Waals surface area contributed by atoms with E-state index >= 15 is 0 Å². The lowest BCUT2D eigenvalue weighted by Gasteiger charge is -2.25. The third-order valence-electron chi connectivity index (χ3n) is 4.67. The van der Waals surface area contributed by atoms with Crippen molar-refractivity contribution >= 4 is 52.9 Å². The van der Waals surface area contributed by atoms with Crippen LogP contribution in [0.3, 0.4) is 0 Å². The first-order chi connectivity index (χ1) is 15.5. The molecule has 1 aliphatic heterocycles. The molecular weight excluding hydrogens is 473 g/mol. The lowest BCUT2D eigenvalue weighted by molar-refractivity contribution is -0.137. The highest BCUT2D eigenvalue weighted by atomic mass is 35.5. The summed E-state index contributed by atoms with van der Waals surface area (Å²) in [6, 6.07) is 11.1. The van der Waals surface area contributed by atoms with Crippen molar-refractivity contribution in [3.05, 3.63) is 58.1 Å². The molecule has 2 aromatic carbocycles. The highest BCUT2D eigenvalue weighted by Crippen LogP contribution is 2.42. The van der Waals surface area contributed by atoms with Gasteiger partial charge in [-0.05, 0) is 36.3 Å². The molecule has 0 atom stereocenters. The van der Waals surface area contributed by atoms with Gasteiger partial charge in [0, 0.05) is 30.5 Å². The number of hydrogen-bond acceptors (Lipinski definition) is 5. The van der Waals surface area contributed by atoms with Crippen molar-refractivity contribution in [3.8, 4) is 5.75 Å². The highest BCUT2D eigenvalue weighted by Gasteiger charge is 2.16. The van der Waals surface area contributed by atoms with E-state index in [1.807, 2.05) is 36.4 Å². The molecule has 6 nitrogen and oxygen atoms in total. The second-order valence-corrected chi connectivity index (χ2v) is 8.79. The summed E-state index contributed by atoms with van der Waals surface area (Å²) in [5.74, 6) is -0.290. The maximum absolute atomic E-state index is 12.3. The molecule has 0 unspecified atom stereocenters. The lowest BCUT2D eigenvalue weighted by Crippen LogP contribution is -2.39. The van der Waals surface area contributed by atoms with Crippen LogP contribution < -0.4 is 4.74 Å². The highest BCUT2D eigenvalue weighted by molar-refractivity contribution is 7.99. The standard InChI is InChI=1S/C23H23Cl2NO5S/c24-22-16(8-10-20(27)26-11-14-30-15-12-26)7-9-19(23(22)25)32-18-5-2-1-4-17(18)31-13-3-6-21(28)29/h1-2,4-5,7-10H,3,6,11-15H2,(H,28,29). The van der Waals surface area contributed by atoms with Crippen molar-refractivity contribution in [3.63, 3.8) is 0 Å². The number of benzene rings is 2. The molecule has 1 amide bonds. The van der Waals surface area contributed by atoms with Gasteiger partial charge in [0.25, 0.3) is 0 Å². The van der Waals surface area contributed by atoms with Crippen molar-refractivity contribution in [2.24, 2.45) is 0 Å². The molecule has 1 fully saturated rings. The van der Waals surface area contributed by atoms with Gasteiger partial charge < -0.3 is 19.5 Å². The quantitative estimate of drug-likeness (QED) is 0.377. The molecule has 2 aromatic rings. The fourth-order valence-electron chi connectivity index (χ4n) is 2.98. The van der Waals surface area contributed by atoms with E-state index in [1.165, 1.54) is 17.8 Å². The van der Waals surface area contributed by atoms with Crippen LogP contribution in [0.2, 0.25) is 10.0 Å². The summed E-state index contributed by atoms with van der Waals surface area (Å²) < 4.78 is 11.0. The molecular formula is C23H23Cl2NO5S. The Hall–Kier alpha value is -2.19. The lowest BCUT2D eigenvalue weighted by atomic mass is 10.2. The predicted octanol–water partition coefficient (Wildman–Crippen LogP) is 5.26. The average molecular weight is 496 g/mol. The topological polar surface area (TPSA) is 76.1 Å². The molecule has 1 N–H and O–H groups in total. The number of carboxylic acid groups (broad SMARTS) is 1. The van der Waals surface area contributed by atoms with Crippen LogP contribution in [0.5, 0.6) is 5.75 Å². The number of hydrogen-bond donors (Lipinski definition) is 1. The summed E-state index contributed by atoms with van der Waals surface area (Å²) in [7, 11) is 0. The van der Waals surface area contributed by atoms with Gasteiger partial charge in [-0.3, -0.25) is 9.59 Å². The van der Waals surface area contributed by atoms with Crippen LogP contribution >= 0.6 is 35.0 Å². The van der Waals surface area contributed by atoms with Gasteiger partial charge in [-0.2, -0.15) is 0 Å². The first kappa shape index (κ1) is 24.5. The van der Waals surface area contributed by atoms with Gasteiger partial charge in [-0.25, -0.2) is 0 Å². The van der Waals surface area contributed by atoms with E-state index in [9.17, 15) is 9.59 Å². The number of halogens is 2. The number of carbonyl (C=O) groups is 2. The van der Waals surface area contributed by atoms with Gasteiger partial charge in [0.15, 0.2) is 0 Å². The fourth-order valence-corrected chi connectivity index (χ4v) is 4.49. The van der Waals surface area contributed by atoms with Gasteiger partial charge in [0.05, 0.1) is 34.8 Å². The number of nitrogens with zero attached hydrogens (tertiary/aromatic N) is 1. The summed E-state index contributed by atoms with van der Waals surface area (Å²) in [6.45, 7) is 2.54. The average Bonchev–Trinajstić information content (AvgIpc) is 2.80. The minimum Gasteiger partial charge on any atom is -0.492 e. The molecule has 170 valence electrons. The maximum Gasteiger partial charge on any atom is 0.303 e. The Morgan fingerprint density at radius 2 is 1.84 bits per heavy atom. The van der Waals surface area contributed by atoms with E-state index in [0.717, 1.165) is 9.79 Å². The van der Waals surface area contributed by atoms with Gasteiger partial charge in [-0.15, -0.1) is 0 Å². The number of para-hydroxylation sites is 1. The Labute approximate surface area is 201 Å². The smallest absolute Gasteiger partial charge is 0.303 e. The number of aliphatic carboxylic acids is 1. The van der Waals surface area contributed by atoms with E-state index in [-0.39, 0.29) is 12.3 Å². The molecule has 0 aromatic heterocycles. The molecule has 0 aliphatic carbocycles. The van der Waals surface area contributed by atoms with E-state index in [0.29, 0.717) is 60.7 Å². The molecule has 9 heteroatoms. The Morgan fingerprint density at radius 3 is 2.59 bits per heavy atom. The summed E-state index contributed by atoms with van der Waals surface area (Å²) in [5, 5.41) is 9.51. The van der Waals surface area contributed by atoms with Crippen molar-refractivity contribution in [1.29, 1.82) is 0 Å². The van der Waals surface area contributed by atoms with E-state index in [2.05, 4.69) is 0 Å². The zero-order valence-electron chi connectivity index (χ0n) is 17.3. The van der Waals surface area contributed by atoms with Crippen LogP contribution in [-0.2, 0) is 14.3 Å². The summed E-state index contributed by atoms with van der Waals surface area (Å²) in [5.41, 5.74) is 0.654. The first-order valence-electron chi connectivity index (χ1n) is 10.1. The minimum absolute atomic E-state index is 0.0553. The largest absolute Gasteiger partial charge is 0.492 e. The van der Waals surface area contributed by atoms with Gasteiger partial charge in [0.1, 0.15) is 5.75 Å². The molecule has 3 rings (SSSR count). The van der Waals surface area contributed by atoms with E-state index in [4.69, 9.17) is 37.8 Å². The van der Waals surface area contributed by atoms with Crippen LogP contribution in [0.1, 0.15) is 18.4 Å². The van der Waals surface area contributed by atoms with E-state index < -0.39 is 5.97 Å². The molecule has 1 saturated heterocycles. The second kappa shape index (κ2) is 12.2. The molecule has 0 radical (unpaired) electrons. The zero-order chi connectivity index (χ0) is 22.9. The number of carbonyl (C=O) groups excluding carboxylic acids is 1. The van der Waals surface area contributed by atoms with Crippen molar-refractivity contribution in [1.82, 2.24) is 4.90 Å². The van der Waals surface area contributed by atoms with Crippen LogP contribution in [0.25, 0.3) is 6.08 Å². The third-order valence-corrected chi connectivity index (χ3v) is 6.79. The molecule has 32 heavy (non-hydrogen) atoms. The van der Waals surface area contributed by atoms with Crippen molar-refractivity contribution < 1.29 is 24.2 Å². The van der Waals surface area contributed by atoms with Crippen molar-refractivity contribution in [2.45, 2.75) is 22.6 Å². The Balaban J connectivity index is 1.68. The summed E-state index contributed by atoms with van der Waals surface area (Å²) in [4.78, 5) is 26.3. The first-order valence-corrected chi connectivity index (χ1v) is 11.7.